The maximum Gasteiger partial charge on any atom is 0.344 e. The van der Waals surface area contributed by atoms with Crippen LogP contribution in [-0.4, -0.2) is 28.4 Å². The predicted molar refractivity (Wildman–Crippen MR) is 102 cm³/mol. The summed E-state index contributed by atoms with van der Waals surface area (Å²) < 4.78 is 5.73. The lowest BCUT2D eigenvalue weighted by molar-refractivity contribution is -0.134. The molecule has 0 unspecified atom stereocenters. The number of nitrogens with one attached hydrogen (secondary N) is 2. The molecule has 7 heteroatoms. The van der Waals surface area contributed by atoms with Crippen LogP contribution >= 0.6 is 0 Å². The average molecular weight is 379 g/mol. The van der Waals surface area contributed by atoms with E-state index in [2.05, 4.69) is 10.7 Å². The Morgan fingerprint density at radius 1 is 0.964 bits per heavy atom. The average Bonchev–Trinajstić information content (AvgIpc) is 2.93. The number of hydrogen-bond donors (Lipinski definition) is 2. The monoisotopic (exact) mass is 379 g/mol. The molecule has 4 rings (SSSR count). The molecule has 7 nitrogen and oxygen atoms in total. The maximum atomic E-state index is 12.8. The molecule has 28 heavy (non-hydrogen) atoms. The third kappa shape index (κ3) is 3.43. The second kappa shape index (κ2) is 7.34. The van der Waals surface area contributed by atoms with Crippen LogP contribution in [0.25, 0.3) is 0 Å². The smallest absolute Gasteiger partial charge is 0.344 e. The van der Waals surface area contributed by atoms with Crippen molar-refractivity contribution in [1.29, 1.82) is 0 Å². The lowest BCUT2D eigenvalue weighted by Crippen LogP contribution is -2.50. The van der Waals surface area contributed by atoms with Gasteiger partial charge in [-0.1, -0.05) is 43.5 Å². The van der Waals surface area contributed by atoms with E-state index >= 15 is 0 Å². The van der Waals surface area contributed by atoms with Gasteiger partial charge in [-0.25, -0.2) is 4.79 Å². The van der Waals surface area contributed by atoms with Crippen LogP contribution in [-0.2, 0) is 4.79 Å². The third-order valence-corrected chi connectivity index (χ3v) is 5.16. The van der Waals surface area contributed by atoms with E-state index in [1.165, 1.54) is 0 Å². The summed E-state index contributed by atoms with van der Waals surface area (Å²) in [7, 11) is 0. The summed E-state index contributed by atoms with van der Waals surface area (Å²) in [6.07, 6.45) is 4.01. The van der Waals surface area contributed by atoms with Crippen molar-refractivity contribution < 1.29 is 19.1 Å². The van der Waals surface area contributed by atoms with E-state index in [1.807, 2.05) is 30.3 Å². The zero-order valence-corrected chi connectivity index (χ0v) is 15.3. The number of benzene rings is 2. The van der Waals surface area contributed by atoms with E-state index in [0.717, 1.165) is 24.3 Å². The van der Waals surface area contributed by atoms with Gasteiger partial charge < -0.3 is 10.1 Å². The molecule has 2 aromatic rings. The van der Waals surface area contributed by atoms with Gasteiger partial charge in [0.2, 0.25) is 0 Å². The highest BCUT2D eigenvalue weighted by molar-refractivity contribution is 6.09. The largest absolute Gasteiger partial charge is 0.457 e. The molecule has 0 atom stereocenters. The Kier molecular flexibility index (Phi) is 4.73. The van der Waals surface area contributed by atoms with E-state index in [9.17, 15) is 14.4 Å². The molecule has 1 saturated heterocycles. The molecule has 0 radical (unpaired) electrons. The van der Waals surface area contributed by atoms with Gasteiger partial charge in [0, 0.05) is 5.56 Å². The highest BCUT2D eigenvalue weighted by atomic mass is 16.5. The van der Waals surface area contributed by atoms with E-state index in [1.54, 1.807) is 24.3 Å². The summed E-state index contributed by atoms with van der Waals surface area (Å²) in [6, 6.07) is 15.2. The van der Waals surface area contributed by atoms with E-state index in [-0.39, 0.29) is 5.91 Å². The molecule has 144 valence electrons. The highest BCUT2D eigenvalue weighted by Gasteiger charge is 2.52. The van der Waals surface area contributed by atoms with E-state index < -0.39 is 17.5 Å². The molecule has 2 fully saturated rings. The van der Waals surface area contributed by atoms with Crippen LogP contribution in [0.4, 0.5) is 4.79 Å². The molecule has 0 bridgehead atoms. The summed E-state index contributed by atoms with van der Waals surface area (Å²) >= 11 is 0. The fourth-order valence-corrected chi connectivity index (χ4v) is 3.71. The van der Waals surface area contributed by atoms with Crippen molar-refractivity contribution in [3.05, 3.63) is 60.2 Å². The molecule has 1 spiro atoms. The number of carbonyl (C=O) groups excluding carboxylic acids is 3. The topological polar surface area (TPSA) is 87.7 Å². The molecule has 4 amide bonds. The van der Waals surface area contributed by atoms with E-state index in [4.69, 9.17) is 4.74 Å². The van der Waals surface area contributed by atoms with Gasteiger partial charge in [-0.15, -0.1) is 0 Å². The van der Waals surface area contributed by atoms with Gasteiger partial charge >= 0.3 is 6.03 Å². The van der Waals surface area contributed by atoms with Gasteiger partial charge in [0.25, 0.3) is 11.8 Å². The van der Waals surface area contributed by atoms with Crippen LogP contribution in [0.5, 0.6) is 11.5 Å². The minimum absolute atomic E-state index is 0.290. The first-order valence-corrected chi connectivity index (χ1v) is 9.38. The predicted octanol–water partition coefficient (Wildman–Crippen LogP) is 3.38. The molecular formula is C21H21N3O4. The van der Waals surface area contributed by atoms with Crippen LogP contribution in [0.15, 0.2) is 54.6 Å². The quantitative estimate of drug-likeness (QED) is 0.797. The standard InChI is InChI=1S/C21H21N3O4/c25-18(15-8-7-11-17(14-15)28-16-9-3-1-4-10-16)23-24-19(26)21(22-20(24)27)12-5-2-6-13-21/h1,3-4,7-11,14H,2,5-6,12-13H2,(H,22,27)(H,23,25). The molecule has 2 N–H and O–H groups in total. The van der Waals surface area contributed by atoms with E-state index in [0.29, 0.717) is 29.9 Å². The third-order valence-electron chi connectivity index (χ3n) is 5.16. The van der Waals surface area contributed by atoms with Crippen LogP contribution < -0.4 is 15.5 Å². The Morgan fingerprint density at radius 3 is 2.43 bits per heavy atom. The second-order valence-corrected chi connectivity index (χ2v) is 7.10. The Bertz CT molecular complexity index is 907. The number of amides is 4. The first-order chi connectivity index (χ1) is 13.6. The van der Waals surface area contributed by atoms with Crippen LogP contribution in [0.1, 0.15) is 42.5 Å². The Labute approximate surface area is 162 Å². The zero-order valence-electron chi connectivity index (χ0n) is 15.3. The number of hydrazine groups is 1. The lowest BCUT2D eigenvalue weighted by atomic mass is 9.82. The van der Waals surface area contributed by atoms with Gasteiger partial charge in [0.15, 0.2) is 0 Å². The second-order valence-electron chi connectivity index (χ2n) is 7.10. The summed E-state index contributed by atoms with van der Waals surface area (Å²) in [6.45, 7) is 0. The minimum atomic E-state index is -0.874. The number of nitrogens with zero attached hydrogens (tertiary/aromatic N) is 1. The number of ether oxygens (including phenoxy) is 1. The van der Waals surface area contributed by atoms with Gasteiger partial charge in [-0.3, -0.25) is 15.0 Å². The van der Waals surface area contributed by atoms with Crippen LogP contribution in [0, 0.1) is 0 Å². The Balaban J connectivity index is 1.47. The lowest BCUT2D eigenvalue weighted by Gasteiger charge is -2.30. The van der Waals surface area contributed by atoms with Crippen LogP contribution in [0.2, 0.25) is 0 Å². The van der Waals surface area contributed by atoms with Crippen LogP contribution in [0.3, 0.4) is 0 Å². The molecular weight excluding hydrogens is 358 g/mol. The number of hydrogen-bond acceptors (Lipinski definition) is 4. The van der Waals surface area contributed by atoms with Crippen molar-refractivity contribution in [3.63, 3.8) is 0 Å². The first-order valence-electron chi connectivity index (χ1n) is 9.38. The number of urea groups is 1. The summed E-state index contributed by atoms with van der Waals surface area (Å²) in [4.78, 5) is 37.7. The minimum Gasteiger partial charge on any atom is -0.457 e. The van der Waals surface area contributed by atoms with Crippen molar-refractivity contribution in [2.24, 2.45) is 0 Å². The molecule has 2 aliphatic rings. The SMILES string of the molecule is O=C(NN1C(=O)NC2(CCCCC2)C1=O)c1cccc(Oc2ccccc2)c1. The van der Waals surface area contributed by atoms with Crippen molar-refractivity contribution in [1.82, 2.24) is 15.8 Å². The summed E-state index contributed by atoms with van der Waals surface area (Å²) in [5, 5.41) is 3.57. The van der Waals surface area contributed by atoms with Crippen molar-refractivity contribution in [2.45, 2.75) is 37.6 Å². The molecule has 1 aliphatic carbocycles. The van der Waals surface area contributed by atoms with Crippen molar-refractivity contribution in [2.75, 3.05) is 0 Å². The molecule has 1 saturated carbocycles. The maximum absolute atomic E-state index is 12.8. The number of rotatable bonds is 4. The summed E-state index contributed by atoms with van der Waals surface area (Å²) in [5.74, 6) is 0.199. The molecule has 2 aromatic carbocycles. The van der Waals surface area contributed by atoms with Crippen molar-refractivity contribution in [3.8, 4) is 11.5 Å². The zero-order chi connectivity index (χ0) is 19.6. The van der Waals surface area contributed by atoms with Gasteiger partial charge in [0.1, 0.15) is 17.0 Å². The molecule has 0 aromatic heterocycles. The molecule has 1 aliphatic heterocycles. The fourth-order valence-electron chi connectivity index (χ4n) is 3.71. The first kappa shape index (κ1) is 18.0. The Morgan fingerprint density at radius 2 is 1.68 bits per heavy atom. The van der Waals surface area contributed by atoms with Gasteiger partial charge in [0.05, 0.1) is 0 Å². The van der Waals surface area contributed by atoms with Crippen molar-refractivity contribution >= 4 is 17.8 Å². The van der Waals surface area contributed by atoms with Gasteiger partial charge in [-0.2, -0.15) is 5.01 Å². The number of para-hydroxylation sites is 1. The number of imide groups is 1. The number of carbonyl (C=O) groups is 3. The van der Waals surface area contributed by atoms with Gasteiger partial charge in [-0.05, 0) is 43.2 Å². The Hall–Kier alpha value is -3.35. The normalized spacial score (nSPS) is 18.1. The highest BCUT2D eigenvalue weighted by Crippen LogP contribution is 2.33. The summed E-state index contributed by atoms with van der Waals surface area (Å²) in [5.41, 5.74) is 1.85. The molecule has 1 heterocycles. The fraction of sp³-hybridized carbons (Fsp3) is 0.286.